The smallest absolute Gasteiger partial charge is 0.357 e. The number of aromatic nitrogens is 2. The largest absolute Gasteiger partial charge is 0.435 e. The van der Waals surface area contributed by atoms with Crippen LogP contribution in [0.5, 0.6) is 0 Å². The fourth-order valence-corrected chi connectivity index (χ4v) is 1.80. The molecule has 5 nitrogen and oxygen atoms in total. The van der Waals surface area contributed by atoms with Crippen LogP contribution in [-0.2, 0) is 19.8 Å². The molecule has 0 atom stereocenters. The maximum atomic E-state index is 12.8. The standard InChI is InChI=1S/C12H18F3N5.HI/c1-3-16-11(18-9-4-5-9)17-6-8-7-20(2)19-10(8)12(13,14)15;/h7,9H,3-6H2,1-2H3,(H2,16,17,18);1H. The Labute approximate surface area is 138 Å². The van der Waals surface area contributed by atoms with Crippen molar-refractivity contribution in [1.29, 1.82) is 0 Å². The van der Waals surface area contributed by atoms with E-state index in [0.29, 0.717) is 18.5 Å². The number of aliphatic imine (C=N–C) groups is 1. The molecule has 1 aliphatic rings. The van der Waals surface area contributed by atoms with Crippen LogP contribution in [0.1, 0.15) is 31.0 Å². The molecule has 0 unspecified atom stereocenters. The lowest BCUT2D eigenvalue weighted by molar-refractivity contribution is -0.142. The Balaban J connectivity index is 0.00000220. The summed E-state index contributed by atoms with van der Waals surface area (Å²) in [6.45, 7) is 2.53. The zero-order valence-electron chi connectivity index (χ0n) is 11.9. The molecule has 0 radical (unpaired) electrons. The van der Waals surface area contributed by atoms with Gasteiger partial charge < -0.3 is 10.6 Å². The monoisotopic (exact) mass is 417 g/mol. The van der Waals surface area contributed by atoms with E-state index in [9.17, 15) is 13.2 Å². The molecule has 1 aromatic rings. The third-order valence-electron chi connectivity index (χ3n) is 2.84. The highest BCUT2D eigenvalue weighted by atomic mass is 127. The molecule has 0 bridgehead atoms. The molecule has 21 heavy (non-hydrogen) atoms. The van der Waals surface area contributed by atoms with E-state index < -0.39 is 11.9 Å². The number of hydrogen-bond acceptors (Lipinski definition) is 2. The minimum absolute atomic E-state index is 0. The molecule has 0 saturated heterocycles. The number of nitrogens with one attached hydrogen (secondary N) is 2. The molecular weight excluding hydrogens is 398 g/mol. The molecule has 120 valence electrons. The zero-order chi connectivity index (χ0) is 14.8. The number of rotatable bonds is 4. The van der Waals surface area contributed by atoms with Gasteiger partial charge in [0, 0.05) is 31.4 Å². The van der Waals surface area contributed by atoms with Crippen molar-refractivity contribution in [2.75, 3.05) is 6.54 Å². The normalized spacial score (nSPS) is 15.6. The average molecular weight is 417 g/mol. The van der Waals surface area contributed by atoms with Gasteiger partial charge in [0.15, 0.2) is 11.7 Å². The Morgan fingerprint density at radius 3 is 2.67 bits per heavy atom. The third kappa shape index (κ3) is 5.36. The van der Waals surface area contributed by atoms with E-state index in [-0.39, 0.29) is 36.1 Å². The van der Waals surface area contributed by atoms with Gasteiger partial charge in [0.2, 0.25) is 0 Å². The van der Waals surface area contributed by atoms with Crippen molar-refractivity contribution >= 4 is 29.9 Å². The average Bonchev–Trinajstić information content (AvgIpc) is 3.06. The maximum Gasteiger partial charge on any atom is 0.435 e. The van der Waals surface area contributed by atoms with Crippen LogP contribution in [0.3, 0.4) is 0 Å². The van der Waals surface area contributed by atoms with Crippen LogP contribution >= 0.6 is 24.0 Å². The van der Waals surface area contributed by atoms with Crippen LogP contribution < -0.4 is 10.6 Å². The van der Waals surface area contributed by atoms with E-state index in [1.165, 1.54) is 13.2 Å². The molecule has 0 amide bonds. The Morgan fingerprint density at radius 1 is 1.48 bits per heavy atom. The van der Waals surface area contributed by atoms with Gasteiger partial charge in [-0.3, -0.25) is 4.68 Å². The van der Waals surface area contributed by atoms with Crippen LogP contribution in [0.15, 0.2) is 11.2 Å². The van der Waals surface area contributed by atoms with Gasteiger partial charge in [-0.05, 0) is 19.8 Å². The van der Waals surface area contributed by atoms with Crippen molar-refractivity contribution in [2.24, 2.45) is 12.0 Å². The molecule has 1 fully saturated rings. The summed E-state index contributed by atoms with van der Waals surface area (Å²) >= 11 is 0. The van der Waals surface area contributed by atoms with E-state index in [1.807, 2.05) is 6.92 Å². The number of alkyl halides is 3. The van der Waals surface area contributed by atoms with Crippen molar-refractivity contribution in [2.45, 2.75) is 38.5 Å². The highest BCUT2D eigenvalue weighted by molar-refractivity contribution is 14.0. The summed E-state index contributed by atoms with van der Waals surface area (Å²) in [6, 6.07) is 0.392. The molecule has 0 aliphatic heterocycles. The fourth-order valence-electron chi connectivity index (χ4n) is 1.80. The van der Waals surface area contributed by atoms with Crippen molar-refractivity contribution in [3.8, 4) is 0 Å². The molecule has 9 heteroatoms. The molecule has 0 spiro atoms. The molecule has 1 aliphatic carbocycles. The predicted octanol–water partition coefficient (Wildman–Crippen LogP) is 2.27. The Morgan fingerprint density at radius 2 is 2.14 bits per heavy atom. The first-order chi connectivity index (χ1) is 9.40. The Bertz CT molecular complexity index is 494. The van der Waals surface area contributed by atoms with Crippen molar-refractivity contribution in [3.05, 3.63) is 17.5 Å². The number of hydrogen-bond donors (Lipinski definition) is 2. The van der Waals surface area contributed by atoms with Gasteiger partial charge >= 0.3 is 6.18 Å². The molecule has 0 aromatic carbocycles. The van der Waals surface area contributed by atoms with Crippen molar-refractivity contribution in [1.82, 2.24) is 20.4 Å². The van der Waals surface area contributed by atoms with Crippen LogP contribution in [0.4, 0.5) is 13.2 Å². The fraction of sp³-hybridized carbons (Fsp3) is 0.667. The Kier molecular flexibility index (Phi) is 6.29. The summed E-state index contributed by atoms with van der Waals surface area (Å²) in [6.07, 6.45) is -0.947. The first-order valence-electron chi connectivity index (χ1n) is 6.54. The summed E-state index contributed by atoms with van der Waals surface area (Å²) in [5.41, 5.74) is -0.793. The molecule has 2 N–H and O–H groups in total. The van der Waals surface area contributed by atoms with Crippen LogP contribution in [-0.4, -0.2) is 28.3 Å². The van der Waals surface area contributed by atoms with E-state index in [4.69, 9.17) is 0 Å². The molecule has 2 rings (SSSR count). The first kappa shape index (κ1) is 18.1. The summed E-state index contributed by atoms with van der Waals surface area (Å²) in [5.74, 6) is 0.548. The second kappa shape index (κ2) is 7.32. The minimum Gasteiger partial charge on any atom is -0.357 e. The lowest BCUT2D eigenvalue weighted by Crippen LogP contribution is -2.38. The molecule has 1 saturated carbocycles. The SMILES string of the molecule is CCNC(=NCc1cn(C)nc1C(F)(F)F)NC1CC1.I. The lowest BCUT2D eigenvalue weighted by atomic mass is 10.2. The van der Waals surface area contributed by atoms with Gasteiger partial charge in [0.1, 0.15) is 0 Å². The molecule has 1 heterocycles. The lowest BCUT2D eigenvalue weighted by Gasteiger charge is -2.10. The summed E-state index contributed by atoms with van der Waals surface area (Å²) in [5, 5.41) is 9.64. The second-order valence-electron chi connectivity index (χ2n) is 4.79. The van der Waals surface area contributed by atoms with Gasteiger partial charge in [-0.1, -0.05) is 0 Å². The van der Waals surface area contributed by atoms with Crippen LogP contribution in [0, 0.1) is 0 Å². The van der Waals surface area contributed by atoms with Gasteiger partial charge in [-0.15, -0.1) is 24.0 Å². The highest BCUT2D eigenvalue weighted by Gasteiger charge is 2.36. The van der Waals surface area contributed by atoms with Crippen molar-refractivity contribution < 1.29 is 13.2 Å². The van der Waals surface area contributed by atoms with Crippen LogP contribution in [0.2, 0.25) is 0 Å². The quantitative estimate of drug-likeness (QED) is 0.449. The number of nitrogens with zero attached hydrogens (tertiary/aromatic N) is 3. The predicted molar refractivity (Wildman–Crippen MR) is 84.6 cm³/mol. The Hall–Kier alpha value is -1.00. The molecule has 1 aromatic heterocycles. The van der Waals surface area contributed by atoms with Crippen molar-refractivity contribution in [3.63, 3.8) is 0 Å². The third-order valence-corrected chi connectivity index (χ3v) is 2.84. The van der Waals surface area contributed by atoms with Gasteiger partial charge in [0.25, 0.3) is 0 Å². The van der Waals surface area contributed by atoms with Crippen LogP contribution in [0.25, 0.3) is 0 Å². The van der Waals surface area contributed by atoms with E-state index in [2.05, 4.69) is 20.7 Å². The van der Waals surface area contributed by atoms with Gasteiger partial charge in [-0.2, -0.15) is 18.3 Å². The number of guanidine groups is 1. The molecular formula is C12H19F3IN5. The summed E-state index contributed by atoms with van der Waals surface area (Å²) < 4.78 is 39.6. The maximum absolute atomic E-state index is 12.8. The minimum atomic E-state index is -4.45. The highest BCUT2D eigenvalue weighted by Crippen LogP contribution is 2.30. The van der Waals surface area contributed by atoms with E-state index in [0.717, 1.165) is 17.5 Å². The number of halogens is 4. The first-order valence-corrected chi connectivity index (χ1v) is 6.54. The van der Waals surface area contributed by atoms with E-state index in [1.54, 1.807) is 0 Å². The summed E-state index contributed by atoms with van der Waals surface area (Å²) in [7, 11) is 1.47. The summed E-state index contributed by atoms with van der Waals surface area (Å²) in [4.78, 5) is 4.19. The van der Waals surface area contributed by atoms with Gasteiger partial charge in [-0.25, -0.2) is 4.99 Å². The number of aryl methyl sites for hydroxylation is 1. The zero-order valence-corrected chi connectivity index (χ0v) is 14.2. The van der Waals surface area contributed by atoms with Gasteiger partial charge in [0.05, 0.1) is 6.54 Å². The topological polar surface area (TPSA) is 54.2 Å². The van der Waals surface area contributed by atoms with E-state index >= 15 is 0 Å². The second-order valence-corrected chi connectivity index (χ2v) is 4.79.